The summed E-state index contributed by atoms with van der Waals surface area (Å²) < 4.78 is 18.5. The van der Waals surface area contributed by atoms with Crippen LogP contribution in [0, 0.1) is 5.82 Å². The number of carbonyl (C=O) groups excluding carboxylic acids is 1. The third-order valence-electron chi connectivity index (χ3n) is 1.41. The van der Waals surface area contributed by atoms with E-state index in [1.54, 1.807) is 6.07 Å². The Kier molecular flexibility index (Phi) is 3.84. The summed E-state index contributed by atoms with van der Waals surface area (Å²) in [5.41, 5.74) is 1.87. The quantitative estimate of drug-likeness (QED) is 0.485. The van der Waals surface area contributed by atoms with Crippen LogP contribution < -0.4 is 16.0 Å². The SMILES string of the molecule is NNC(=O)COc1ccc(Br)cc1F. The number of halogens is 2. The van der Waals surface area contributed by atoms with Crippen LogP contribution in [0.5, 0.6) is 5.75 Å². The second-order valence-electron chi connectivity index (χ2n) is 2.43. The number of nitrogens with two attached hydrogens (primary N) is 1. The summed E-state index contributed by atoms with van der Waals surface area (Å²) in [5.74, 6) is 3.77. The highest BCUT2D eigenvalue weighted by Crippen LogP contribution is 2.21. The van der Waals surface area contributed by atoms with Crippen LogP contribution >= 0.6 is 15.9 Å². The number of hydrogen-bond acceptors (Lipinski definition) is 3. The maximum absolute atomic E-state index is 13.1. The normalized spacial score (nSPS) is 9.64. The minimum Gasteiger partial charge on any atom is -0.481 e. The Morgan fingerprint density at radius 2 is 2.36 bits per heavy atom. The second-order valence-corrected chi connectivity index (χ2v) is 3.35. The first-order valence-corrected chi connectivity index (χ1v) is 4.50. The van der Waals surface area contributed by atoms with Crippen LogP contribution in [0.3, 0.4) is 0 Å². The van der Waals surface area contributed by atoms with Gasteiger partial charge >= 0.3 is 0 Å². The first-order valence-electron chi connectivity index (χ1n) is 3.71. The van der Waals surface area contributed by atoms with Crippen molar-refractivity contribution in [3.05, 3.63) is 28.5 Å². The molecule has 3 N–H and O–H groups in total. The van der Waals surface area contributed by atoms with Crippen molar-refractivity contribution >= 4 is 21.8 Å². The lowest BCUT2D eigenvalue weighted by atomic mass is 10.3. The van der Waals surface area contributed by atoms with E-state index in [0.717, 1.165) is 0 Å². The van der Waals surface area contributed by atoms with Crippen LogP contribution in [0.4, 0.5) is 4.39 Å². The Bertz CT molecular complexity index is 346. The van der Waals surface area contributed by atoms with E-state index < -0.39 is 11.7 Å². The number of rotatable bonds is 3. The third-order valence-corrected chi connectivity index (χ3v) is 1.91. The van der Waals surface area contributed by atoms with E-state index in [0.29, 0.717) is 4.47 Å². The molecule has 6 heteroatoms. The fraction of sp³-hybridized carbons (Fsp3) is 0.125. The summed E-state index contributed by atoms with van der Waals surface area (Å²) >= 11 is 3.10. The molecule has 0 fully saturated rings. The number of hydrogen-bond donors (Lipinski definition) is 2. The Hall–Kier alpha value is -1.14. The molecule has 0 spiro atoms. The first-order chi connectivity index (χ1) is 6.63. The molecule has 14 heavy (non-hydrogen) atoms. The zero-order chi connectivity index (χ0) is 10.6. The third kappa shape index (κ3) is 2.97. The van der Waals surface area contributed by atoms with E-state index in [2.05, 4.69) is 15.9 Å². The molecule has 0 aliphatic rings. The van der Waals surface area contributed by atoms with E-state index in [9.17, 15) is 9.18 Å². The molecule has 1 rings (SSSR count). The van der Waals surface area contributed by atoms with Crippen molar-refractivity contribution in [2.75, 3.05) is 6.61 Å². The van der Waals surface area contributed by atoms with Gasteiger partial charge in [0, 0.05) is 4.47 Å². The van der Waals surface area contributed by atoms with Crippen LogP contribution in [-0.4, -0.2) is 12.5 Å². The summed E-state index contributed by atoms with van der Waals surface area (Å²) in [4.78, 5) is 10.7. The highest BCUT2D eigenvalue weighted by Gasteiger charge is 2.05. The summed E-state index contributed by atoms with van der Waals surface area (Å²) in [7, 11) is 0. The molecule has 0 saturated heterocycles. The molecule has 0 bridgehead atoms. The lowest BCUT2D eigenvalue weighted by Crippen LogP contribution is -2.34. The molecule has 0 aromatic heterocycles. The highest BCUT2D eigenvalue weighted by atomic mass is 79.9. The molecule has 1 aromatic carbocycles. The van der Waals surface area contributed by atoms with Crippen LogP contribution in [0.2, 0.25) is 0 Å². The number of ether oxygens (including phenoxy) is 1. The van der Waals surface area contributed by atoms with E-state index in [-0.39, 0.29) is 12.4 Å². The lowest BCUT2D eigenvalue weighted by molar-refractivity contribution is -0.123. The monoisotopic (exact) mass is 262 g/mol. The summed E-state index contributed by atoms with van der Waals surface area (Å²) in [5, 5.41) is 0. The zero-order valence-electron chi connectivity index (χ0n) is 7.09. The second kappa shape index (κ2) is 4.92. The van der Waals surface area contributed by atoms with Crippen molar-refractivity contribution in [3.63, 3.8) is 0 Å². The van der Waals surface area contributed by atoms with Crippen LogP contribution in [0.1, 0.15) is 0 Å². The molecule has 0 heterocycles. The van der Waals surface area contributed by atoms with Crippen molar-refractivity contribution in [3.8, 4) is 5.75 Å². The van der Waals surface area contributed by atoms with Gasteiger partial charge < -0.3 is 4.74 Å². The van der Waals surface area contributed by atoms with Gasteiger partial charge in [-0.25, -0.2) is 10.2 Å². The predicted octanol–water partition coefficient (Wildman–Crippen LogP) is 0.957. The maximum atomic E-state index is 13.1. The van der Waals surface area contributed by atoms with Crippen LogP contribution in [0.25, 0.3) is 0 Å². The number of hydrazine groups is 1. The first kappa shape index (κ1) is 10.9. The molecule has 1 aromatic rings. The number of amides is 1. The van der Waals surface area contributed by atoms with Gasteiger partial charge in [-0.3, -0.25) is 10.2 Å². The lowest BCUT2D eigenvalue weighted by Gasteiger charge is -2.05. The Labute approximate surface area is 88.3 Å². The molecule has 0 radical (unpaired) electrons. The largest absolute Gasteiger partial charge is 0.481 e. The van der Waals surface area contributed by atoms with Crippen molar-refractivity contribution in [2.45, 2.75) is 0 Å². The molecule has 0 aliphatic heterocycles. The predicted molar refractivity (Wildman–Crippen MR) is 51.9 cm³/mol. The molecule has 0 aliphatic carbocycles. The molecular formula is C8H8BrFN2O2. The van der Waals surface area contributed by atoms with Gasteiger partial charge in [-0.1, -0.05) is 15.9 Å². The van der Waals surface area contributed by atoms with Crippen LogP contribution in [0.15, 0.2) is 22.7 Å². The minimum atomic E-state index is -0.538. The maximum Gasteiger partial charge on any atom is 0.271 e. The fourth-order valence-electron chi connectivity index (χ4n) is 0.777. The van der Waals surface area contributed by atoms with Gasteiger partial charge in [0.25, 0.3) is 5.91 Å². The van der Waals surface area contributed by atoms with Gasteiger partial charge in [-0.2, -0.15) is 0 Å². The molecule has 0 unspecified atom stereocenters. The molecule has 4 nitrogen and oxygen atoms in total. The number of carbonyl (C=O) groups is 1. The smallest absolute Gasteiger partial charge is 0.271 e. The van der Waals surface area contributed by atoms with Gasteiger partial charge in [0.05, 0.1) is 0 Å². The van der Waals surface area contributed by atoms with Gasteiger partial charge in [-0.05, 0) is 18.2 Å². The minimum absolute atomic E-state index is 0.0109. The van der Waals surface area contributed by atoms with Crippen molar-refractivity contribution in [1.29, 1.82) is 0 Å². The van der Waals surface area contributed by atoms with Gasteiger partial charge in [-0.15, -0.1) is 0 Å². The standard InChI is InChI=1S/C8H8BrFN2O2/c9-5-1-2-7(6(10)3-5)14-4-8(13)12-11/h1-3H,4,11H2,(H,12,13). The van der Waals surface area contributed by atoms with Crippen molar-refractivity contribution in [1.82, 2.24) is 5.43 Å². The van der Waals surface area contributed by atoms with E-state index in [1.807, 2.05) is 5.43 Å². The van der Waals surface area contributed by atoms with Crippen molar-refractivity contribution < 1.29 is 13.9 Å². The average molecular weight is 263 g/mol. The van der Waals surface area contributed by atoms with Gasteiger partial charge in [0.1, 0.15) is 0 Å². The average Bonchev–Trinajstić information content (AvgIpc) is 2.16. The Morgan fingerprint density at radius 3 is 2.93 bits per heavy atom. The van der Waals surface area contributed by atoms with Gasteiger partial charge in [0.15, 0.2) is 18.2 Å². The number of benzene rings is 1. The fourth-order valence-corrected chi connectivity index (χ4v) is 1.11. The Balaban J connectivity index is 2.63. The van der Waals surface area contributed by atoms with Crippen molar-refractivity contribution in [2.24, 2.45) is 5.84 Å². The summed E-state index contributed by atoms with van der Waals surface area (Å²) in [6.07, 6.45) is 0. The molecule has 76 valence electrons. The topological polar surface area (TPSA) is 64.3 Å². The number of nitrogens with one attached hydrogen (secondary N) is 1. The summed E-state index contributed by atoms with van der Waals surface area (Å²) in [6, 6.07) is 4.28. The van der Waals surface area contributed by atoms with E-state index >= 15 is 0 Å². The zero-order valence-corrected chi connectivity index (χ0v) is 8.67. The molecule has 1 amide bonds. The summed E-state index contributed by atoms with van der Waals surface area (Å²) in [6.45, 7) is -0.310. The van der Waals surface area contributed by atoms with Gasteiger partial charge in [0.2, 0.25) is 0 Å². The molecular weight excluding hydrogens is 255 g/mol. The Morgan fingerprint density at radius 1 is 1.64 bits per heavy atom. The van der Waals surface area contributed by atoms with Crippen LogP contribution in [-0.2, 0) is 4.79 Å². The molecule has 0 atom stereocenters. The van der Waals surface area contributed by atoms with E-state index in [4.69, 9.17) is 10.6 Å². The highest BCUT2D eigenvalue weighted by molar-refractivity contribution is 9.10. The molecule has 0 saturated carbocycles. The van der Waals surface area contributed by atoms with E-state index in [1.165, 1.54) is 12.1 Å².